The number of fused-ring (bicyclic) bond motifs is 4. The molecule has 0 bridgehead atoms. The van der Waals surface area contributed by atoms with Crippen LogP contribution in [-0.4, -0.2) is 46.2 Å². The summed E-state index contributed by atoms with van der Waals surface area (Å²) in [5, 5.41) is 2.07. The maximum atomic E-state index is 13.2. The van der Waals surface area contributed by atoms with Crippen LogP contribution in [0.3, 0.4) is 0 Å². The van der Waals surface area contributed by atoms with Gasteiger partial charge in [-0.15, -0.1) is 11.3 Å². The Morgan fingerprint density at radius 1 is 1.00 bits per heavy atom. The van der Waals surface area contributed by atoms with Crippen molar-refractivity contribution in [2.45, 2.75) is 25.2 Å². The number of hydrogen-bond acceptors (Lipinski definition) is 5. The van der Waals surface area contributed by atoms with Crippen molar-refractivity contribution in [2.75, 3.05) is 19.9 Å². The van der Waals surface area contributed by atoms with Gasteiger partial charge in [-0.3, -0.25) is 9.69 Å². The van der Waals surface area contributed by atoms with E-state index in [-0.39, 0.29) is 18.0 Å². The Morgan fingerprint density at radius 2 is 1.90 bits per heavy atom. The minimum atomic E-state index is 0.134. The van der Waals surface area contributed by atoms with Gasteiger partial charge >= 0.3 is 0 Å². The summed E-state index contributed by atoms with van der Waals surface area (Å²) in [5.41, 5.74) is 2.00. The highest BCUT2D eigenvalue weighted by molar-refractivity contribution is 7.09. The molecule has 0 N–H and O–H groups in total. The average molecular weight is 407 g/mol. The molecule has 6 nitrogen and oxygen atoms in total. The molecular weight excluding hydrogens is 386 g/mol. The molecular formula is C22H21N3O3S. The molecule has 7 heteroatoms. The lowest BCUT2D eigenvalue weighted by Gasteiger charge is -2.38. The second kappa shape index (κ2) is 6.64. The highest BCUT2D eigenvalue weighted by Gasteiger charge is 2.44. The molecule has 5 heterocycles. The van der Waals surface area contributed by atoms with Gasteiger partial charge in [0.25, 0.3) is 5.91 Å². The Labute approximate surface area is 172 Å². The van der Waals surface area contributed by atoms with Crippen LogP contribution in [0.25, 0.3) is 0 Å². The largest absolute Gasteiger partial charge is 0.454 e. The predicted molar refractivity (Wildman–Crippen MR) is 109 cm³/mol. The van der Waals surface area contributed by atoms with Crippen LogP contribution in [0.2, 0.25) is 0 Å². The lowest BCUT2D eigenvalue weighted by atomic mass is 10.1. The number of likely N-dealkylation sites (tertiary alicyclic amines) is 1. The van der Waals surface area contributed by atoms with Gasteiger partial charge in [-0.25, -0.2) is 0 Å². The quantitative estimate of drug-likeness (QED) is 0.665. The zero-order valence-electron chi connectivity index (χ0n) is 15.9. The lowest BCUT2D eigenvalue weighted by Crippen LogP contribution is -2.49. The molecule has 1 aromatic carbocycles. The average Bonchev–Trinajstić information content (AvgIpc) is 3.51. The van der Waals surface area contributed by atoms with E-state index in [4.69, 9.17) is 9.47 Å². The van der Waals surface area contributed by atoms with E-state index in [1.165, 1.54) is 10.4 Å². The number of hydrogen-bond donors (Lipinski definition) is 0. The van der Waals surface area contributed by atoms with Crippen molar-refractivity contribution in [2.24, 2.45) is 0 Å². The summed E-state index contributed by atoms with van der Waals surface area (Å²) in [4.78, 5) is 18.9. The minimum absolute atomic E-state index is 0.134. The standard InChI is InChI=1S/C22H21N3O3S/c26-22-17-4-1-7-24(17)18-12-23(10-15-5-6-20-21(9-15)28-14-27-20)13-19(18)25(22)11-16-3-2-8-29-16/h1-9,18-19H,10-14H2/t18-,19+/m1/s1. The monoisotopic (exact) mass is 407 g/mol. The van der Waals surface area contributed by atoms with E-state index < -0.39 is 0 Å². The van der Waals surface area contributed by atoms with Crippen LogP contribution in [0.15, 0.2) is 54.0 Å². The first-order valence-electron chi connectivity index (χ1n) is 9.87. The molecule has 29 heavy (non-hydrogen) atoms. The molecule has 2 atom stereocenters. The Balaban J connectivity index is 1.27. The molecule has 0 spiro atoms. The van der Waals surface area contributed by atoms with Crippen molar-refractivity contribution in [3.05, 3.63) is 70.2 Å². The second-order valence-electron chi connectivity index (χ2n) is 7.83. The number of ether oxygens (including phenoxy) is 2. The summed E-state index contributed by atoms with van der Waals surface area (Å²) >= 11 is 1.71. The van der Waals surface area contributed by atoms with Gasteiger partial charge in [-0.2, -0.15) is 0 Å². The van der Waals surface area contributed by atoms with Crippen LogP contribution < -0.4 is 9.47 Å². The van der Waals surface area contributed by atoms with Crippen molar-refractivity contribution in [3.63, 3.8) is 0 Å². The molecule has 0 aliphatic carbocycles. The van der Waals surface area contributed by atoms with Crippen LogP contribution in [0.5, 0.6) is 11.5 Å². The smallest absolute Gasteiger partial charge is 0.271 e. The zero-order valence-corrected chi connectivity index (χ0v) is 16.7. The molecule has 1 amide bonds. The number of rotatable bonds is 4. The maximum Gasteiger partial charge on any atom is 0.271 e. The summed E-state index contributed by atoms with van der Waals surface area (Å²) in [5.74, 6) is 1.77. The Morgan fingerprint density at radius 3 is 2.79 bits per heavy atom. The third kappa shape index (κ3) is 2.84. The van der Waals surface area contributed by atoms with Crippen LogP contribution in [-0.2, 0) is 13.1 Å². The molecule has 148 valence electrons. The van der Waals surface area contributed by atoms with Crippen molar-refractivity contribution < 1.29 is 14.3 Å². The van der Waals surface area contributed by atoms with Crippen LogP contribution in [0.4, 0.5) is 0 Å². The summed E-state index contributed by atoms with van der Waals surface area (Å²) in [7, 11) is 0. The highest BCUT2D eigenvalue weighted by atomic mass is 32.1. The number of carbonyl (C=O) groups excluding carboxylic acids is 1. The van der Waals surface area contributed by atoms with E-state index in [0.717, 1.165) is 36.8 Å². The number of amides is 1. The topological polar surface area (TPSA) is 46.9 Å². The fraction of sp³-hybridized carbons (Fsp3) is 0.318. The molecule has 3 aliphatic heterocycles. The van der Waals surface area contributed by atoms with E-state index in [1.54, 1.807) is 11.3 Å². The van der Waals surface area contributed by atoms with Crippen molar-refractivity contribution in [1.82, 2.24) is 14.4 Å². The Kier molecular flexibility index (Phi) is 3.92. The van der Waals surface area contributed by atoms with Crippen molar-refractivity contribution >= 4 is 17.2 Å². The molecule has 0 saturated carbocycles. The SMILES string of the molecule is O=C1c2cccn2[C@@H]2CN(Cc3ccc4c(c3)OCO4)C[C@@H]2N1Cc1cccs1. The first-order chi connectivity index (χ1) is 14.3. The summed E-state index contributed by atoms with van der Waals surface area (Å²) < 4.78 is 13.1. The third-order valence-corrected chi connectivity index (χ3v) is 6.96. The predicted octanol–water partition coefficient (Wildman–Crippen LogP) is 3.36. The summed E-state index contributed by atoms with van der Waals surface area (Å²) in [6, 6.07) is 14.7. The van der Waals surface area contributed by atoms with Crippen LogP contribution in [0.1, 0.15) is 27.0 Å². The lowest BCUT2D eigenvalue weighted by molar-refractivity contribution is 0.0559. The van der Waals surface area contributed by atoms with Gasteiger partial charge in [0.05, 0.1) is 18.6 Å². The van der Waals surface area contributed by atoms with Gasteiger partial charge in [0.2, 0.25) is 6.79 Å². The van der Waals surface area contributed by atoms with Crippen LogP contribution >= 0.6 is 11.3 Å². The van der Waals surface area contributed by atoms with E-state index in [2.05, 4.69) is 50.2 Å². The molecule has 3 aromatic rings. The first-order valence-corrected chi connectivity index (χ1v) is 10.8. The van der Waals surface area contributed by atoms with E-state index in [1.807, 2.05) is 18.2 Å². The molecule has 3 aliphatic rings. The fourth-order valence-electron chi connectivity index (χ4n) is 4.77. The van der Waals surface area contributed by atoms with Gasteiger partial charge < -0.3 is 18.9 Å². The van der Waals surface area contributed by atoms with Gasteiger partial charge in [0, 0.05) is 30.7 Å². The number of nitrogens with zero attached hydrogens (tertiary/aromatic N) is 3. The van der Waals surface area contributed by atoms with Gasteiger partial charge in [-0.1, -0.05) is 12.1 Å². The van der Waals surface area contributed by atoms with Crippen LogP contribution in [0, 0.1) is 0 Å². The Hall–Kier alpha value is -2.77. The molecule has 1 saturated heterocycles. The Bertz CT molecular complexity index is 1060. The molecule has 0 unspecified atom stereocenters. The van der Waals surface area contributed by atoms with Gasteiger partial charge in [-0.05, 0) is 41.3 Å². The molecule has 6 rings (SSSR count). The third-order valence-electron chi connectivity index (χ3n) is 6.10. The molecule has 0 radical (unpaired) electrons. The van der Waals surface area contributed by atoms with Crippen molar-refractivity contribution in [3.8, 4) is 11.5 Å². The molecule has 2 aromatic heterocycles. The van der Waals surface area contributed by atoms with Gasteiger partial charge in [0.15, 0.2) is 11.5 Å². The number of thiophene rings is 1. The zero-order chi connectivity index (χ0) is 19.4. The van der Waals surface area contributed by atoms with Crippen molar-refractivity contribution in [1.29, 1.82) is 0 Å². The number of benzene rings is 1. The summed E-state index contributed by atoms with van der Waals surface area (Å²) in [6.45, 7) is 3.60. The number of carbonyl (C=O) groups is 1. The van der Waals surface area contributed by atoms with Gasteiger partial charge in [0.1, 0.15) is 5.69 Å². The van der Waals surface area contributed by atoms with E-state index in [0.29, 0.717) is 13.3 Å². The molecule has 1 fully saturated rings. The maximum absolute atomic E-state index is 13.2. The fourth-order valence-corrected chi connectivity index (χ4v) is 5.48. The van der Waals surface area contributed by atoms with E-state index >= 15 is 0 Å². The normalized spacial score (nSPS) is 22.8. The first kappa shape index (κ1) is 17.1. The van der Waals surface area contributed by atoms with E-state index in [9.17, 15) is 4.79 Å². The highest BCUT2D eigenvalue weighted by Crippen LogP contribution is 2.37. The minimum Gasteiger partial charge on any atom is -0.454 e. The number of aromatic nitrogens is 1. The summed E-state index contributed by atoms with van der Waals surface area (Å²) in [6.07, 6.45) is 2.05. The second-order valence-corrected chi connectivity index (χ2v) is 8.86.